The van der Waals surface area contributed by atoms with E-state index in [4.69, 9.17) is 5.11 Å². The van der Waals surface area contributed by atoms with Crippen molar-refractivity contribution in [3.63, 3.8) is 0 Å². The van der Waals surface area contributed by atoms with Gasteiger partial charge in [0.05, 0.1) is 12.5 Å². The summed E-state index contributed by atoms with van der Waals surface area (Å²) in [6.45, 7) is 3.28. The highest BCUT2D eigenvalue weighted by atomic mass is 16.3. The van der Waals surface area contributed by atoms with Crippen molar-refractivity contribution in [1.82, 2.24) is 10.6 Å². The van der Waals surface area contributed by atoms with Crippen LogP contribution in [0, 0.1) is 0 Å². The molecular weight excluding hydrogens is 258 g/mol. The van der Waals surface area contributed by atoms with E-state index >= 15 is 0 Å². The van der Waals surface area contributed by atoms with Gasteiger partial charge in [-0.1, -0.05) is 6.07 Å². The number of aliphatic hydroxyl groups excluding tert-OH is 1. The molecule has 6 heteroatoms. The predicted octanol–water partition coefficient (Wildman–Crippen LogP) is -0.119. The number of amides is 2. The smallest absolute Gasteiger partial charge is 0.251 e. The Morgan fingerprint density at radius 3 is 3.00 bits per heavy atom. The van der Waals surface area contributed by atoms with E-state index in [1.54, 1.807) is 25.1 Å². The minimum atomic E-state index is -0.397. The molecule has 4 N–H and O–H groups in total. The van der Waals surface area contributed by atoms with Gasteiger partial charge in [-0.2, -0.15) is 0 Å². The summed E-state index contributed by atoms with van der Waals surface area (Å²) in [7, 11) is 0. The monoisotopic (exact) mass is 277 g/mol. The Labute approximate surface area is 117 Å². The molecule has 6 nitrogen and oxygen atoms in total. The minimum absolute atomic E-state index is 0.0418. The highest BCUT2D eigenvalue weighted by Crippen LogP contribution is 2.23. The summed E-state index contributed by atoms with van der Waals surface area (Å²) < 4.78 is 0. The Balaban J connectivity index is 1.81. The third-order valence-electron chi connectivity index (χ3n) is 3.02. The van der Waals surface area contributed by atoms with E-state index < -0.39 is 6.10 Å². The molecule has 0 aromatic heterocycles. The SMILES string of the molecule is CC(O)CNCCNC(=O)c1ccc2c(c1)NC(=O)C2. The number of rotatable bonds is 6. The van der Waals surface area contributed by atoms with Crippen LogP contribution in [0.1, 0.15) is 22.8 Å². The number of aliphatic hydroxyl groups is 1. The second kappa shape index (κ2) is 6.49. The molecule has 0 aliphatic carbocycles. The number of anilines is 1. The number of nitrogens with one attached hydrogen (secondary N) is 3. The van der Waals surface area contributed by atoms with E-state index in [1.807, 2.05) is 0 Å². The van der Waals surface area contributed by atoms with Crippen molar-refractivity contribution < 1.29 is 14.7 Å². The van der Waals surface area contributed by atoms with E-state index in [1.165, 1.54) is 0 Å². The van der Waals surface area contributed by atoms with Crippen LogP contribution in [0.3, 0.4) is 0 Å². The van der Waals surface area contributed by atoms with Crippen LogP contribution in [0.15, 0.2) is 18.2 Å². The molecule has 0 saturated heterocycles. The van der Waals surface area contributed by atoms with Gasteiger partial charge in [0.15, 0.2) is 0 Å². The molecule has 2 rings (SSSR count). The Kier molecular flexibility index (Phi) is 4.70. The number of hydrogen-bond acceptors (Lipinski definition) is 4. The van der Waals surface area contributed by atoms with Gasteiger partial charge in [0.25, 0.3) is 5.91 Å². The van der Waals surface area contributed by atoms with Gasteiger partial charge in [-0.3, -0.25) is 9.59 Å². The van der Waals surface area contributed by atoms with E-state index in [2.05, 4.69) is 16.0 Å². The number of carbonyl (C=O) groups is 2. The van der Waals surface area contributed by atoms with Crippen molar-refractivity contribution >= 4 is 17.5 Å². The molecule has 1 aliphatic heterocycles. The average Bonchev–Trinajstić information content (AvgIpc) is 2.76. The first-order valence-corrected chi connectivity index (χ1v) is 6.66. The van der Waals surface area contributed by atoms with Gasteiger partial charge in [-0.25, -0.2) is 0 Å². The molecule has 0 spiro atoms. The maximum Gasteiger partial charge on any atom is 0.251 e. The van der Waals surface area contributed by atoms with Gasteiger partial charge in [-0.15, -0.1) is 0 Å². The summed E-state index contributed by atoms with van der Waals surface area (Å²) in [5, 5.41) is 17.6. The third-order valence-corrected chi connectivity index (χ3v) is 3.02. The molecule has 1 atom stereocenters. The van der Waals surface area contributed by atoms with E-state index in [0.717, 1.165) is 11.3 Å². The van der Waals surface area contributed by atoms with Gasteiger partial charge >= 0.3 is 0 Å². The van der Waals surface area contributed by atoms with Crippen LogP contribution in [0.25, 0.3) is 0 Å². The Bertz CT molecular complexity index is 514. The van der Waals surface area contributed by atoms with Crippen molar-refractivity contribution in [1.29, 1.82) is 0 Å². The van der Waals surface area contributed by atoms with E-state index in [9.17, 15) is 9.59 Å². The standard InChI is InChI=1S/C14H19N3O3/c1-9(18)8-15-4-5-16-14(20)11-3-2-10-7-13(19)17-12(10)6-11/h2-3,6,9,15,18H,4-5,7-8H2,1H3,(H,16,20)(H,17,19). The zero-order valence-electron chi connectivity index (χ0n) is 11.4. The van der Waals surface area contributed by atoms with E-state index in [0.29, 0.717) is 31.6 Å². The lowest BCUT2D eigenvalue weighted by atomic mass is 10.1. The Morgan fingerprint density at radius 1 is 1.45 bits per heavy atom. The van der Waals surface area contributed by atoms with Gasteiger partial charge in [-0.05, 0) is 24.6 Å². The first-order chi connectivity index (χ1) is 9.56. The van der Waals surface area contributed by atoms with Crippen molar-refractivity contribution in [2.45, 2.75) is 19.4 Å². The lowest BCUT2D eigenvalue weighted by molar-refractivity contribution is -0.115. The number of hydrogen-bond donors (Lipinski definition) is 4. The molecule has 2 amide bonds. The van der Waals surface area contributed by atoms with Crippen molar-refractivity contribution in [2.75, 3.05) is 25.0 Å². The fourth-order valence-electron chi connectivity index (χ4n) is 2.03. The molecule has 108 valence electrons. The number of benzene rings is 1. The van der Waals surface area contributed by atoms with Crippen molar-refractivity contribution in [2.24, 2.45) is 0 Å². The fraction of sp³-hybridized carbons (Fsp3) is 0.429. The van der Waals surface area contributed by atoms with Crippen LogP contribution in [-0.2, 0) is 11.2 Å². The molecule has 1 unspecified atom stereocenters. The van der Waals surface area contributed by atoms with Gasteiger partial charge in [0.2, 0.25) is 5.91 Å². The normalized spacial score (nSPS) is 14.6. The van der Waals surface area contributed by atoms with Gasteiger partial charge in [0, 0.05) is 30.9 Å². The Morgan fingerprint density at radius 2 is 2.25 bits per heavy atom. The summed E-state index contributed by atoms with van der Waals surface area (Å²) in [6.07, 6.45) is -0.0217. The van der Waals surface area contributed by atoms with Crippen LogP contribution in [0.5, 0.6) is 0 Å². The van der Waals surface area contributed by atoms with Crippen LogP contribution >= 0.6 is 0 Å². The molecular formula is C14H19N3O3. The summed E-state index contributed by atoms with van der Waals surface area (Å²) in [5.74, 6) is -0.215. The molecule has 0 fully saturated rings. The number of fused-ring (bicyclic) bond motifs is 1. The molecule has 1 heterocycles. The molecule has 20 heavy (non-hydrogen) atoms. The molecule has 1 aromatic carbocycles. The highest BCUT2D eigenvalue weighted by molar-refractivity contribution is 6.02. The van der Waals surface area contributed by atoms with Crippen LogP contribution in [0.4, 0.5) is 5.69 Å². The maximum atomic E-state index is 11.9. The average molecular weight is 277 g/mol. The van der Waals surface area contributed by atoms with Gasteiger partial charge in [0.1, 0.15) is 0 Å². The predicted molar refractivity (Wildman–Crippen MR) is 75.7 cm³/mol. The quantitative estimate of drug-likeness (QED) is 0.546. The largest absolute Gasteiger partial charge is 0.392 e. The highest BCUT2D eigenvalue weighted by Gasteiger charge is 2.18. The van der Waals surface area contributed by atoms with Crippen molar-refractivity contribution in [3.05, 3.63) is 29.3 Å². The second-order valence-corrected chi connectivity index (χ2v) is 4.91. The summed E-state index contributed by atoms with van der Waals surface area (Å²) in [6, 6.07) is 5.21. The summed E-state index contributed by atoms with van der Waals surface area (Å²) >= 11 is 0. The lowest BCUT2D eigenvalue weighted by Gasteiger charge is -2.09. The molecule has 1 aliphatic rings. The first kappa shape index (κ1) is 14.5. The van der Waals surface area contributed by atoms with Crippen LogP contribution < -0.4 is 16.0 Å². The minimum Gasteiger partial charge on any atom is -0.392 e. The Hall–Kier alpha value is -1.92. The zero-order chi connectivity index (χ0) is 14.5. The number of carbonyl (C=O) groups excluding carboxylic acids is 2. The van der Waals surface area contributed by atoms with Gasteiger partial charge < -0.3 is 21.1 Å². The third kappa shape index (κ3) is 3.79. The van der Waals surface area contributed by atoms with Crippen LogP contribution in [-0.4, -0.2) is 42.7 Å². The van der Waals surface area contributed by atoms with E-state index in [-0.39, 0.29) is 11.8 Å². The molecule has 0 saturated carbocycles. The molecule has 0 radical (unpaired) electrons. The molecule has 0 bridgehead atoms. The first-order valence-electron chi connectivity index (χ1n) is 6.66. The summed E-state index contributed by atoms with van der Waals surface area (Å²) in [5.41, 5.74) is 2.17. The molecule has 1 aromatic rings. The topological polar surface area (TPSA) is 90.5 Å². The maximum absolute atomic E-state index is 11.9. The fourth-order valence-corrected chi connectivity index (χ4v) is 2.03. The van der Waals surface area contributed by atoms with Crippen LogP contribution in [0.2, 0.25) is 0 Å². The zero-order valence-corrected chi connectivity index (χ0v) is 11.4. The summed E-state index contributed by atoms with van der Waals surface area (Å²) in [4.78, 5) is 23.2. The lowest BCUT2D eigenvalue weighted by Crippen LogP contribution is -2.34. The second-order valence-electron chi connectivity index (χ2n) is 4.91. The van der Waals surface area contributed by atoms with Crippen molar-refractivity contribution in [3.8, 4) is 0 Å².